The molecule has 1 aliphatic rings. The Labute approximate surface area is 221 Å². The molecular weight excluding hydrogens is 500 g/mol. The van der Waals surface area contributed by atoms with E-state index < -0.39 is 36.6 Å². The standard InChI is InChI=1S/C25H38N4O9/c1-4-34-8-9-35-10-11-36-12-13-37-25-22(26-17(2)30)24(32)23(31)21(38-25)16-29-15-20(27-28-29)18-6-5-7-19(14-18)33-3/h5-7,14-15,21-25,31-32H,4,8-13,16H2,1-3H3,(H,26,30)/t21-,22-,23+,24-,25?/m1/s1. The smallest absolute Gasteiger partial charge is 0.217 e. The fourth-order valence-electron chi connectivity index (χ4n) is 3.91. The fraction of sp³-hybridized carbons (Fsp3) is 0.640. The molecule has 5 atom stereocenters. The summed E-state index contributed by atoms with van der Waals surface area (Å²) in [6.45, 7) is 6.19. The molecule has 38 heavy (non-hydrogen) atoms. The first kappa shape index (κ1) is 29.9. The molecule has 13 heteroatoms. The molecule has 0 aliphatic carbocycles. The molecule has 1 unspecified atom stereocenters. The highest BCUT2D eigenvalue weighted by atomic mass is 16.7. The SMILES string of the molecule is CCOCCOCCOCCOC1O[C@H](Cn2cc(-c3cccc(OC)c3)nn2)[C@H](O)[C@H](O)[C@H]1NC(C)=O. The number of methoxy groups -OCH3 is 1. The second-order valence-corrected chi connectivity index (χ2v) is 8.60. The number of hydrogen-bond donors (Lipinski definition) is 3. The average molecular weight is 539 g/mol. The van der Waals surface area contributed by atoms with E-state index >= 15 is 0 Å². The van der Waals surface area contributed by atoms with E-state index in [1.165, 1.54) is 11.6 Å². The van der Waals surface area contributed by atoms with Crippen LogP contribution in [0.5, 0.6) is 5.75 Å². The molecule has 2 heterocycles. The third-order valence-electron chi connectivity index (χ3n) is 5.80. The maximum absolute atomic E-state index is 11.7. The Morgan fingerprint density at radius 1 is 1.08 bits per heavy atom. The minimum atomic E-state index is -1.33. The Kier molecular flexibility index (Phi) is 12.3. The number of carbonyl (C=O) groups excluding carboxylic acids is 1. The number of nitrogens with zero attached hydrogens (tertiary/aromatic N) is 3. The van der Waals surface area contributed by atoms with Gasteiger partial charge >= 0.3 is 0 Å². The lowest BCUT2D eigenvalue weighted by molar-refractivity contribution is -0.269. The van der Waals surface area contributed by atoms with Crippen molar-refractivity contribution in [2.45, 2.75) is 51.0 Å². The predicted molar refractivity (Wildman–Crippen MR) is 134 cm³/mol. The third kappa shape index (κ3) is 8.98. The normalized spacial score (nSPS) is 23.3. The number of aromatic nitrogens is 3. The van der Waals surface area contributed by atoms with E-state index in [0.29, 0.717) is 44.5 Å². The van der Waals surface area contributed by atoms with Crippen LogP contribution in [0.15, 0.2) is 30.5 Å². The number of carbonyl (C=O) groups is 1. The van der Waals surface area contributed by atoms with Crippen molar-refractivity contribution in [1.29, 1.82) is 0 Å². The number of amides is 1. The van der Waals surface area contributed by atoms with E-state index in [9.17, 15) is 15.0 Å². The van der Waals surface area contributed by atoms with E-state index in [-0.39, 0.29) is 19.8 Å². The topological polar surface area (TPSA) is 156 Å². The van der Waals surface area contributed by atoms with E-state index in [0.717, 1.165) is 5.56 Å². The predicted octanol–water partition coefficient (Wildman–Crippen LogP) is -0.00860. The molecule has 212 valence electrons. The van der Waals surface area contributed by atoms with Gasteiger partial charge in [-0.3, -0.25) is 4.79 Å². The first-order valence-electron chi connectivity index (χ1n) is 12.6. The Hall–Kier alpha value is -2.65. The van der Waals surface area contributed by atoms with Gasteiger partial charge in [0.2, 0.25) is 5.91 Å². The second-order valence-electron chi connectivity index (χ2n) is 8.60. The lowest BCUT2D eigenvalue weighted by Crippen LogP contribution is -2.64. The van der Waals surface area contributed by atoms with Gasteiger partial charge in [0.05, 0.1) is 59.5 Å². The van der Waals surface area contributed by atoms with Crippen LogP contribution in [0.1, 0.15) is 13.8 Å². The molecule has 2 aromatic rings. The van der Waals surface area contributed by atoms with Gasteiger partial charge in [0.25, 0.3) is 0 Å². The van der Waals surface area contributed by atoms with Crippen molar-refractivity contribution in [3.8, 4) is 17.0 Å². The zero-order valence-corrected chi connectivity index (χ0v) is 22.0. The molecule has 0 saturated carbocycles. The molecule has 0 spiro atoms. The van der Waals surface area contributed by atoms with Gasteiger partial charge < -0.3 is 44.0 Å². The van der Waals surface area contributed by atoms with Crippen LogP contribution in [0.4, 0.5) is 0 Å². The highest BCUT2D eigenvalue weighted by molar-refractivity contribution is 5.73. The Bertz CT molecular complexity index is 976. The number of rotatable bonds is 16. The summed E-state index contributed by atoms with van der Waals surface area (Å²) in [5, 5.41) is 32.4. The highest BCUT2D eigenvalue weighted by Gasteiger charge is 2.45. The number of nitrogens with one attached hydrogen (secondary N) is 1. The maximum atomic E-state index is 11.7. The van der Waals surface area contributed by atoms with Gasteiger partial charge in [-0.25, -0.2) is 4.68 Å². The molecule has 1 fully saturated rings. The van der Waals surface area contributed by atoms with Gasteiger partial charge in [-0.15, -0.1) is 5.10 Å². The van der Waals surface area contributed by atoms with Crippen molar-refractivity contribution in [1.82, 2.24) is 20.3 Å². The van der Waals surface area contributed by atoms with Crippen LogP contribution in [-0.4, -0.2) is 115 Å². The molecule has 1 aromatic carbocycles. The minimum absolute atomic E-state index is 0.0947. The molecule has 0 radical (unpaired) electrons. The Morgan fingerprint density at radius 3 is 2.47 bits per heavy atom. The molecular formula is C25H38N4O9. The van der Waals surface area contributed by atoms with Crippen LogP contribution in [0, 0.1) is 0 Å². The summed E-state index contributed by atoms with van der Waals surface area (Å²) in [6, 6.07) is 6.42. The Balaban J connectivity index is 1.54. The van der Waals surface area contributed by atoms with Crippen LogP contribution >= 0.6 is 0 Å². The van der Waals surface area contributed by atoms with Gasteiger partial charge in [0.15, 0.2) is 6.29 Å². The van der Waals surface area contributed by atoms with Crippen molar-refractivity contribution in [2.24, 2.45) is 0 Å². The van der Waals surface area contributed by atoms with Gasteiger partial charge in [-0.2, -0.15) is 0 Å². The largest absolute Gasteiger partial charge is 0.497 e. The van der Waals surface area contributed by atoms with Crippen LogP contribution in [-0.2, 0) is 35.0 Å². The molecule has 1 amide bonds. The van der Waals surface area contributed by atoms with Gasteiger partial charge in [0, 0.05) is 19.1 Å². The summed E-state index contributed by atoms with van der Waals surface area (Å²) in [5.74, 6) is 0.296. The fourth-order valence-corrected chi connectivity index (χ4v) is 3.91. The van der Waals surface area contributed by atoms with Crippen molar-refractivity contribution >= 4 is 5.91 Å². The average Bonchev–Trinajstić information content (AvgIpc) is 3.38. The van der Waals surface area contributed by atoms with Gasteiger partial charge in [0.1, 0.15) is 35.8 Å². The monoisotopic (exact) mass is 538 g/mol. The second kappa shape index (κ2) is 15.7. The quantitative estimate of drug-likeness (QED) is 0.247. The van der Waals surface area contributed by atoms with Gasteiger partial charge in [-0.1, -0.05) is 17.3 Å². The Morgan fingerprint density at radius 2 is 1.79 bits per heavy atom. The lowest BCUT2D eigenvalue weighted by Gasteiger charge is -2.42. The van der Waals surface area contributed by atoms with Crippen molar-refractivity contribution in [3.63, 3.8) is 0 Å². The van der Waals surface area contributed by atoms with Crippen LogP contribution in [0.25, 0.3) is 11.3 Å². The summed E-state index contributed by atoms with van der Waals surface area (Å²) in [4.78, 5) is 11.7. The van der Waals surface area contributed by atoms with Crippen molar-refractivity contribution < 1.29 is 43.4 Å². The van der Waals surface area contributed by atoms with Gasteiger partial charge in [-0.05, 0) is 19.1 Å². The summed E-state index contributed by atoms with van der Waals surface area (Å²) in [5.41, 5.74) is 1.42. The number of benzene rings is 1. The summed E-state index contributed by atoms with van der Waals surface area (Å²) in [7, 11) is 1.59. The molecule has 1 aromatic heterocycles. The number of hydrogen-bond acceptors (Lipinski definition) is 11. The van der Waals surface area contributed by atoms with Crippen LogP contribution in [0.2, 0.25) is 0 Å². The van der Waals surface area contributed by atoms with E-state index in [2.05, 4.69) is 15.6 Å². The summed E-state index contributed by atoms with van der Waals surface area (Å²) >= 11 is 0. The minimum Gasteiger partial charge on any atom is -0.497 e. The highest BCUT2D eigenvalue weighted by Crippen LogP contribution is 2.25. The first-order valence-corrected chi connectivity index (χ1v) is 12.6. The van der Waals surface area contributed by atoms with Crippen molar-refractivity contribution in [2.75, 3.05) is 53.4 Å². The van der Waals surface area contributed by atoms with E-state index in [1.54, 1.807) is 13.3 Å². The molecule has 1 aliphatic heterocycles. The van der Waals surface area contributed by atoms with Crippen LogP contribution < -0.4 is 10.1 Å². The third-order valence-corrected chi connectivity index (χ3v) is 5.80. The summed E-state index contributed by atoms with van der Waals surface area (Å²) in [6.07, 6.45) is -2.82. The number of ether oxygens (including phenoxy) is 6. The molecule has 1 saturated heterocycles. The summed E-state index contributed by atoms with van der Waals surface area (Å²) < 4.78 is 34.6. The number of aliphatic hydroxyl groups excluding tert-OH is 2. The zero-order valence-electron chi connectivity index (χ0n) is 22.0. The molecule has 13 nitrogen and oxygen atoms in total. The van der Waals surface area contributed by atoms with E-state index in [1.807, 2.05) is 31.2 Å². The maximum Gasteiger partial charge on any atom is 0.217 e. The molecule has 3 rings (SSSR count). The zero-order chi connectivity index (χ0) is 27.3. The van der Waals surface area contributed by atoms with Crippen molar-refractivity contribution in [3.05, 3.63) is 30.5 Å². The number of aliphatic hydroxyl groups is 2. The molecule has 3 N–H and O–H groups in total. The first-order chi connectivity index (χ1) is 18.4. The van der Waals surface area contributed by atoms with E-state index in [4.69, 9.17) is 28.4 Å². The van der Waals surface area contributed by atoms with Crippen LogP contribution in [0.3, 0.4) is 0 Å². The molecule has 0 bridgehead atoms. The lowest BCUT2D eigenvalue weighted by atomic mass is 9.96.